The van der Waals surface area contributed by atoms with Crippen LogP contribution in [0.2, 0.25) is 0 Å². The number of carbonyl (C=O) groups is 2. The summed E-state index contributed by atoms with van der Waals surface area (Å²) in [5.41, 5.74) is 3.18. The predicted octanol–water partition coefficient (Wildman–Crippen LogP) is 6.48. The first kappa shape index (κ1) is 27.9. The van der Waals surface area contributed by atoms with Crippen molar-refractivity contribution in [3.8, 4) is 5.75 Å². The summed E-state index contributed by atoms with van der Waals surface area (Å²) < 4.78 is 6.87. The lowest BCUT2D eigenvalue weighted by Gasteiger charge is -2.33. The number of carbonyl (C=O) groups excluding carboxylic acids is 2. The first-order valence-electron chi connectivity index (χ1n) is 13.6. The van der Waals surface area contributed by atoms with Crippen LogP contribution in [-0.2, 0) is 29.0 Å². The molecule has 1 saturated carbocycles. The van der Waals surface area contributed by atoms with E-state index in [9.17, 15) is 9.59 Å². The van der Waals surface area contributed by atoms with E-state index < -0.39 is 6.04 Å². The molecule has 0 saturated heterocycles. The molecule has 1 fully saturated rings. The summed E-state index contributed by atoms with van der Waals surface area (Å²) in [5, 5.41) is 3.27. The van der Waals surface area contributed by atoms with E-state index in [1.165, 1.54) is 12.0 Å². The molecule has 4 rings (SSSR count). The summed E-state index contributed by atoms with van der Waals surface area (Å²) in [5.74, 6) is 0.330. The highest BCUT2D eigenvalue weighted by Gasteiger charge is 2.32. The Morgan fingerprint density at radius 1 is 0.895 bits per heavy atom. The maximum absolute atomic E-state index is 13.8. The Morgan fingerprint density at radius 2 is 1.55 bits per heavy atom. The van der Waals surface area contributed by atoms with E-state index in [-0.39, 0.29) is 24.5 Å². The van der Waals surface area contributed by atoms with Crippen molar-refractivity contribution in [3.05, 3.63) is 100 Å². The molecule has 0 unspecified atom stereocenters. The Bertz CT molecular complexity index is 1160. The van der Waals surface area contributed by atoms with Gasteiger partial charge in [-0.05, 0) is 60.2 Å². The van der Waals surface area contributed by atoms with E-state index in [2.05, 4.69) is 28.2 Å². The molecule has 3 aromatic rings. The Hall–Kier alpha value is -3.12. The number of aryl methyl sites for hydroxylation is 1. The number of hydrogen-bond acceptors (Lipinski definition) is 3. The molecule has 0 aromatic heterocycles. The zero-order valence-corrected chi connectivity index (χ0v) is 23.7. The van der Waals surface area contributed by atoms with Gasteiger partial charge in [-0.1, -0.05) is 96.7 Å². The number of benzene rings is 3. The Kier molecular flexibility index (Phi) is 10.4. The van der Waals surface area contributed by atoms with Crippen molar-refractivity contribution in [1.82, 2.24) is 10.2 Å². The van der Waals surface area contributed by atoms with Gasteiger partial charge < -0.3 is 15.0 Å². The minimum atomic E-state index is -0.651. The SMILES string of the molecule is CCc1ccc(OCC(=O)N(Cc2ccc(Br)cc2)[C@H](Cc2ccccc2)C(=O)NC2CCCCC2)cc1. The van der Waals surface area contributed by atoms with Crippen LogP contribution in [0.15, 0.2) is 83.3 Å². The van der Waals surface area contributed by atoms with Gasteiger partial charge >= 0.3 is 0 Å². The highest BCUT2D eigenvalue weighted by Crippen LogP contribution is 2.21. The fourth-order valence-corrected chi connectivity index (χ4v) is 5.20. The minimum Gasteiger partial charge on any atom is -0.484 e. The normalized spacial score (nSPS) is 14.5. The van der Waals surface area contributed by atoms with Crippen LogP contribution >= 0.6 is 15.9 Å². The fourth-order valence-electron chi connectivity index (χ4n) is 4.93. The monoisotopic (exact) mass is 576 g/mol. The lowest BCUT2D eigenvalue weighted by atomic mass is 9.94. The van der Waals surface area contributed by atoms with Gasteiger partial charge in [0.25, 0.3) is 5.91 Å². The fraction of sp³-hybridized carbons (Fsp3) is 0.375. The zero-order valence-electron chi connectivity index (χ0n) is 22.1. The molecule has 1 aliphatic carbocycles. The van der Waals surface area contributed by atoms with Gasteiger partial charge in [-0.3, -0.25) is 9.59 Å². The largest absolute Gasteiger partial charge is 0.484 e. The molecule has 1 atom stereocenters. The lowest BCUT2D eigenvalue weighted by Crippen LogP contribution is -2.53. The van der Waals surface area contributed by atoms with E-state index in [1.807, 2.05) is 78.9 Å². The second kappa shape index (κ2) is 14.1. The van der Waals surface area contributed by atoms with Gasteiger partial charge in [-0.2, -0.15) is 0 Å². The van der Waals surface area contributed by atoms with Crippen LogP contribution < -0.4 is 10.1 Å². The van der Waals surface area contributed by atoms with Crippen LogP contribution in [0.1, 0.15) is 55.7 Å². The number of amides is 2. The van der Waals surface area contributed by atoms with E-state index >= 15 is 0 Å². The van der Waals surface area contributed by atoms with Crippen molar-refractivity contribution in [2.24, 2.45) is 0 Å². The smallest absolute Gasteiger partial charge is 0.261 e. The van der Waals surface area contributed by atoms with Crippen molar-refractivity contribution in [3.63, 3.8) is 0 Å². The van der Waals surface area contributed by atoms with Crippen LogP contribution in [-0.4, -0.2) is 35.4 Å². The summed E-state index contributed by atoms with van der Waals surface area (Å²) >= 11 is 3.49. The van der Waals surface area contributed by atoms with E-state index in [0.29, 0.717) is 18.7 Å². The van der Waals surface area contributed by atoms with Crippen LogP contribution in [0.4, 0.5) is 0 Å². The van der Waals surface area contributed by atoms with E-state index in [1.54, 1.807) is 4.90 Å². The first-order chi connectivity index (χ1) is 18.5. The quantitative estimate of drug-likeness (QED) is 0.284. The Labute approximate surface area is 234 Å². The van der Waals surface area contributed by atoms with Gasteiger partial charge in [0.15, 0.2) is 6.61 Å². The highest BCUT2D eigenvalue weighted by atomic mass is 79.9. The van der Waals surface area contributed by atoms with Crippen LogP contribution in [0.3, 0.4) is 0 Å². The van der Waals surface area contributed by atoms with Gasteiger partial charge in [0.1, 0.15) is 11.8 Å². The Morgan fingerprint density at radius 3 is 2.21 bits per heavy atom. The van der Waals surface area contributed by atoms with Gasteiger partial charge in [0, 0.05) is 23.5 Å². The highest BCUT2D eigenvalue weighted by molar-refractivity contribution is 9.10. The average molecular weight is 578 g/mol. The summed E-state index contributed by atoms with van der Waals surface area (Å²) in [6.07, 6.45) is 6.82. The molecule has 0 spiro atoms. The molecule has 200 valence electrons. The van der Waals surface area contributed by atoms with Crippen molar-refractivity contribution < 1.29 is 14.3 Å². The molecule has 0 heterocycles. The second-order valence-corrected chi connectivity index (χ2v) is 10.9. The van der Waals surface area contributed by atoms with E-state index in [4.69, 9.17) is 4.74 Å². The molecular formula is C32H37BrN2O3. The molecule has 0 radical (unpaired) electrons. The summed E-state index contributed by atoms with van der Waals surface area (Å²) in [6, 6.07) is 25.1. The van der Waals surface area contributed by atoms with Crippen molar-refractivity contribution >= 4 is 27.7 Å². The molecule has 1 aliphatic rings. The van der Waals surface area contributed by atoms with E-state index in [0.717, 1.165) is 47.7 Å². The van der Waals surface area contributed by atoms with Gasteiger partial charge in [-0.15, -0.1) is 0 Å². The van der Waals surface area contributed by atoms with Gasteiger partial charge in [0.05, 0.1) is 0 Å². The van der Waals surface area contributed by atoms with Gasteiger partial charge in [-0.25, -0.2) is 0 Å². The first-order valence-corrected chi connectivity index (χ1v) is 14.4. The number of ether oxygens (including phenoxy) is 1. The van der Waals surface area contributed by atoms with Crippen molar-refractivity contribution in [1.29, 1.82) is 0 Å². The third-order valence-electron chi connectivity index (χ3n) is 7.18. The van der Waals surface area contributed by atoms with Crippen molar-refractivity contribution in [2.45, 2.75) is 70.5 Å². The molecule has 2 amide bonds. The minimum absolute atomic E-state index is 0.0986. The molecule has 0 aliphatic heterocycles. The third kappa shape index (κ3) is 8.19. The molecule has 38 heavy (non-hydrogen) atoms. The Balaban J connectivity index is 1.58. The number of nitrogens with zero attached hydrogens (tertiary/aromatic N) is 1. The molecule has 0 bridgehead atoms. The van der Waals surface area contributed by atoms with Crippen molar-refractivity contribution in [2.75, 3.05) is 6.61 Å². The topological polar surface area (TPSA) is 58.6 Å². The molecule has 3 aromatic carbocycles. The van der Waals surface area contributed by atoms with Crippen LogP contribution in [0.5, 0.6) is 5.75 Å². The third-order valence-corrected chi connectivity index (χ3v) is 7.71. The predicted molar refractivity (Wildman–Crippen MR) is 155 cm³/mol. The molecule has 1 N–H and O–H groups in total. The maximum atomic E-state index is 13.8. The lowest BCUT2D eigenvalue weighted by molar-refractivity contribution is -0.143. The molecular weight excluding hydrogens is 540 g/mol. The number of halogens is 1. The molecule has 5 nitrogen and oxygen atoms in total. The number of rotatable bonds is 11. The number of nitrogens with one attached hydrogen (secondary N) is 1. The average Bonchev–Trinajstić information content (AvgIpc) is 2.96. The zero-order chi connectivity index (χ0) is 26.7. The number of hydrogen-bond donors (Lipinski definition) is 1. The summed E-state index contributed by atoms with van der Waals surface area (Å²) in [6.45, 7) is 2.29. The van der Waals surface area contributed by atoms with Gasteiger partial charge in [0.2, 0.25) is 5.91 Å². The maximum Gasteiger partial charge on any atom is 0.261 e. The second-order valence-electron chi connectivity index (χ2n) is 9.98. The standard InChI is InChI=1S/C32H37BrN2O3/c1-2-24-15-19-29(20-16-24)38-23-31(36)35(22-26-13-17-27(33)18-14-26)30(21-25-9-5-3-6-10-25)32(37)34-28-11-7-4-8-12-28/h3,5-6,9-10,13-20,28,30H,2,4,7-8,11-12,21-23H2,1H3,(H,34,37)/t30-/m1/s1. The van der Waals surface area contributed by atoms with Crippen LogP contribution in [0.25, 0.3) is 0 Å². The van der Waals surface area contributed by atoms with Crippen LogP contribution in [0, 0.1) is 0 Å². The summed E-state index contributed by atoms with van der Waals surface area (Å²) in [4.78, 5) is 29.2. The molecule has 6 heteroatoms. The summed E-state index contributed by atoms with van der Waals surface area (Å²) in [7, 11) is 0.